The molecular formula is C32H21Br. The molecule has 0 atom stereocenters. The van der Waals surface area contributed by atoms with Crippen LogP contribution >= 0.6 is 15.9 Å². The van der Waals surface area contributed by atoms with Crippen molar-refractivity contribution in [2.24, 2.45) is 0 Å². The Bertz CT molecular complexity index is 1830. The molecule has 6 aromatic rings. The van der Waals surface area contributed by atoms with Crippen molar-refractivity contribution in [3.63, 3.8) is 0 Å². The van der Waals surface area contributed by atoms with Crippen LogP contribution in [0.1, 0.15) is 6.85 Å². The van der Waals surface area contributed by atoms with Crippen LogP contribution in [0, 0.1) is 0 Å². The van der Waals surface area contributed by atoms with Gasteiger partial charge in [0.15, 0.2) is 0 Å². The summed E-state index contributed by atoms with van der Waals surface area (Å²) in [6.07, 6.45) is 0. The van der Waals surface area contributed by atoms with E-state index in [4.69, 9.17) is 6.85 Å². The van der Waals surface area contributed by atoms with Crippen LogP contribution in [0.3, 0.4) is 0 Å². The third-order valence-electron chi connectivity index (χ3n) is 6.03. The molecule has 0 N–H and O–H groups in total. The fourth-order valence-electron chi connectivity index (χ4n) is 4.45. The lowest BCUT2D eigenvalue weighted by atomic mass is 9.89. The van der Waals surface area contributed by atoms with E-state index in [1.807, 2.05) is 48.5 Å². The van der Waals surface area contributed by atoms with Crippen molar-refractivity contribution in [2.45, 2.75) is 0 Å². The van der Waals surface area contributed by atoms with Crippen LogP contribution in [0.25, 0.3) is 54.9 Å². The molecule has 0 bridgehead atoms. The van der Waals surface area contributed by atoms with Crippen molar-refractivity contribution < 1.29 is 6.85 Å². The van der Waals surface area contributed by atoms with Crippen LogP contribution in [0.15, 0.2) is 132 Å². The fraction of sp³-hybridized carbons (Fsp3) is 0. The highest BCUT2D eigenvalue weighted by atomic mass is 79.9. The third-order valence-corrected chi connectivity index (χ3v) is 6.88. The van der Waals surface area contributed by atoms with Gasteiger partial charge in [0.05, 0.1) is 6.85 Å². The largest absolute Gasteiger partial charge is 0.0629 e. The molecule has 6 aromatic carbocycles. The third kappa shape index (κ3) is 3.55. The van der Waals surface area contributed by atoms with Crippen LogP contribution in [-0.2, 0) is 0 Å². The molecule has 33 heavy (non-hydrogen) atoms. The van der Waals surface area contributed by atoms with E-state index >= 15 is 0 Å². The predicted octanol–water partition coefficient (Wildman–Crippen LogP) is 9.76. The maximum absolute atomic E-state index is 8.50. The summed E-state index contributed by atoms with van der Waals surface area (Å²) in [6, 6.07) is 31.2. The van der Waals surface area contributed by atoms with Gasteiger partial charge in [-0.25, -0.2) is 0 Å². The van der Waals surface area contributed by atoms with Crippen LogP contribution in [0.2, 0.25) is 0 Å². The number of rotatable bonds is 3. The molecule has 0 aliphatic heterocycles. The van der Waals surface area contributed by atoms with Crippen LogP contribution < -0.4 is 0 Å². The predicted molar refractivity (Wildman–Crippen MR) is 145 cm³/mol. The second-order valence-corrected chi connectivity index (χ2v) is 8.73. The summed E-state index contributed by atoms with van der Waals surface area (Å²) in [5, 5.41) is 4.07. The van der Waals surface area contributed by atoms with E-state index in [9.17, 15) is 0 Å². The number of benzene rings is 6. The van der Waals surface area contributed by atoms with E-state index in [2.05, 4.69) is 64.5 Å². The maximum Gasteiger partial charge on any atom is 0.0629 e. The van der Waals surface area contributed by atoms with E-state index in [0.717, 1.165) is 48.3 Å². The van der Waals surface area contributed by atoms with Crippen LogP contribution in [0.5, 0.6) is 0 Å². The fourth-order valence-corrected chi connectivity index (χ4v) is 5.14. The van der Waals surface area contributed by atoms with E-state index in [1.165, 1.54) is 0 Å². The summed E-state index contributed by atoms with van der Waals surface area (Å²) < 4.78 is 42.2. The quantitative estimate of drug-likeness (QED) is 0.217. The van der Waals surface area contributed by atoms with Gasteiger partial charge in [0.2, 0.25) is 0 Å². The first-order chi connectivity index (χ1) is 18.4. The molecule has 156 valence electrons. The zero-order valence-electron chi connectivity index (χ0n) is 22.6. The smallest absolute Gasteiger partial charge is 0.0622 e. The normalized spacial score (nSPS) is 13.3. The summed E-state index contributed by atoms with van der Waals surface area (Å²) in [6.45, 7) is 0. The van der Waals surface area contributed by atoms with Crippen LogP contribution in [-0.4, -0.2) is 0 Å². The van der Waals surface area contributed by atoms with Crippen molar-refractivity contribution >= 4 is 37.5 Å². The topological polar surface area (TPSA) is 0 Å². The van der Waals surface area contributed by atoms with Gasteiger partial charge in [-0.1, -0.05) is 121 Å². The second-order valence-electron chi connectivity index (χ2n) is 7.94. The summed E-state index contributed by atoms with van der Waals surface area (Å²) >= 11 is 3.81. The average Bonchev–Trinajstić information content (AvgIpc) is 2.96. The molecule has 0 aliphatic rings. The number of hydrogen-bond acceptors (Lipinski definition) is 0. The number of fused-ring (bicyclic) bond motifs is 2. The van der Waals surface area contributed by atoms with E-state index in [-0.39, 0.29) is 29.7 Å². The van der Waals surface area contributed by atoms with Gasteiger partial charge >= 0.3 is 0 Å². The molecule has 0 fully saturated rings. The molecule has 0 aliphatic carbocycles. The zero-order chi connectivity index (χ0) is 26.6. The molecule has 0 nitrogen and oxygen atoms in total. The van der Waals surface area contributed by atoms with E-state index < -0.39 is 6.04 Å². The maximum atomic E-state index is 8.50. The molecule has 0 spiro atoms. The Labute approximate surface area is 209 Å². The summed E-state index contributed by atoms with van der Waals surface area (Å²) in [5.74, 6) is 0. The lowest BCUT2D eigenvalue weighted by molar-refractivity contribution is 1.61. The second kappa shape index (κ2) is 8.35. The Hall–Kier alpha value is -3.68. The SMILES string of the molecule is [2H]c1c([2H])c([2H])c(-c2ccc3c(Br)c4ccccc4c(-c4ccc(-c5ccccc5)cc4)c3c2)c([2H])c1[2H]. The van der Waals surface area contributed by atoms with Crippen molar-refractivity contribution in [3.05, 3.63) is 132 Å². The van der Waals surface area contributed by atoms with Crippen molar-refractivity contribution in [3.8, 4) is 33.4 Å². The molecule has 0 saturated carbocycles. The van der Waals surface area contributed by atoms with Gasteiger partial charge < -0.3 is 0 Å². The minimum atomic E-state index is -0.391. The highest BCUT2D eigenvalue weighted by molar-refractivity contribution is 9.10. The van der Waals surface area contributed by atoms with Gasteiger partial charge in [-0.05, 0) is 76.9 Å². The van der Waals surface area contributed by atoms with Gasteiger partial charge in [0, 0.05) is 4.47 Å². The standard InChI is InChI=1S/C32H21Br/c33-32-28-14-8-7-13-27(28)31(25-17-15-24(16-18-25)22-9-3-1-4-10-22)30-21-26(19-20-29(30)32)23-11-5-2-6-12-23/h1-21H/i2D,5D,6D,11D,12D. The molecule has 0 aromatic heterocycles. The summed E-state index contributed by atoms with van der Waals surface area (Å²) in [5.41, 5.74) is 5.13. The molecule has 0 unspecified atom stereocenters. The van der Waals surface area contributed by atoms with Gasteiger partial charge in [0.1, 0.15) is 0 Å². The van der Waals surface area contributed by atoms with E-state index in [0.29, 0.717) is 5.56 Å². The highest BCUT2D eigenvalue weighted by Gasteiger charge is 2.15. The van der Waals surface area contributed by atoms with Gasteiger partial charge in [-0.15, -0.1) is 0 Å². The Balaban J connectivity index is 1.65. The van der Waals surface area contributed by atoms with Gasteiger partial charge in [-0.2, -0.15) is 0 Å². The summed E-state index contributed by atoms with van der Waals surface area (Å²) in [7, 11) is 0. The van der Waals surface area contributed by atoms with Crippen molar-refractivity contribution in [2.75, 3.05) is 0 Å². The Morgan fingerprint density at radius 1 is 0.455 bits per heavy atom. The number of halogens is 1. The minimum Gasteiger partial charge on any atom is -0.0622 e. The van der Waals surface area contributed by atoms with Crippen molar-refractivity contribution in [1.29, 1.82) is 0 Å². The lowest BCUT2D eigenvalue weighted by Gasteiger charge is -2.16. The molecule has 0 amide bonds. The number of hydrogen-bond donors (Lipinski definition) is 0. The van der Waals surface area contributed by atoms with Crippen molar-refractivity contribution in [1.82, 2.24) is 0 Å². The van der Waals surface area contributed by atoms with Gasteiger partial charge in [-0.3, -0.25) is 0 Å². The molecule has 1 heteroatoms. The average molecular weight is 490 g/mol. The Morgan fingerprint density at radius 3 is 1.79 bits per heavy atom. The first-order valence-corrected chi connectivity index (χ1v) is 11.5. The first kappa shape index (κ1) is 15.2. The molecule has 0 saturated heterocycles. The molecular weight excluding hydrogens is 464 g/mol. The Morgan fingerprint density at radius 2 is 1.03 bits per heavy atom. The molecule has 6 rings (SSSR count). The Kier molecular flexibility index (Phi) is 3.85. The molecule has 0 heterocycles. The minimum absolute atomic E-state index is 0.201. The van der Waals surface area contributed by atoms with Crippen LogP contribution in [0.4, 0.5) is 0 Å². The first-order valence-electron chi connectivity index (χ1n) is 13.2. The van der Waals surface area contributed by atoms with Gasteiger partial charge in [0.25, 0.3) is 0 Å². The van der Waals surface area contributed by atoms with E-state index in [1.54, 1.807) is 0 Å². The molecule has 0 radical (unpaired) electrons. The highest BCUT2D eigenvalue weighted by Crippen LogP contribution is 2.43. The lowest BCUT2D eigenvalue weighted by Crippen LogP contribution is -1.89. The monoisotopic (exact) mass is 489 g/mol. The zero-order valence-corrected chi connectivity index (χ0v) is 19.2. The summed E-state index contributed by atoms with van der Waals surface area (Å²) in [4.78, 5) is 0.